The molecule has 0 aromatic heterocycles. The van der Waals surface area contributed by atoms with Crippen molar-refractivity contribution in [2.75, 3.05) is 13.1 Å². The van der Waals surface area contributed by atoms with Gasteiger partial charge in [-0.2, -0.15) is 0 Å². The molecule has 31 heavy (non-hydrogen) atoms. The number of hydrogen-bond donors (Lipinski definition) is 2. The number of carbonyl (C=O) groups is 4. The van der Waals surface area contributed by atoms with Crippen molar-refractivity contribution in [3.05, 3.63) is 35.9 Å². The monoisotopic (exact) mass is 425 g/mol. The molecule has 1 aliphatic carbocycles. The summed E-state index contributed by atoms with van der Waals surface area (Å²) >= 11 is 0. The van der Waals surface area contributed by atoms with E-state index in [1.807, 2.05) is 37.3 Å². The number of amides is 3. The minimum absolute atomic E-state index is 0.00319. The molecule has 0 bridgehead atoms. The van der Waals surface area contributed by atoms with Gasteiger partial charge in [0.25, 0.3) is 0 Å². The third-order valence-corrected chi connectivity index (χ3v) is 7.62. The van der Waals surface area contributed by atoms with Crippen molar-refractivity contribution in [3.63, 3.8) is 0 Å². The summed E-state index contributed by atoms with van der Waals surface area (Å²) in [6.45, 7) is 7.29. The highest BCUT2D eigenvalue weighted by Crippen LogP contribution is 2.65. The van der Waals surface area contributed by atoms with Crippen molar-refractivity contribution in [3.8, 4) is 0 Å². The molecule has 0 radical (unpaired) electrons. The molecule has 2 heterocycles. The van der Waals surface area contributed by atoms with Gasteiger partial charge in [-0.05, 0) is 42.6 Å². The number of benzene rings is 1. The molecular formula is C24H31N3O4. The van der Waals surface area contributed by atoms with E-state index < -0.39 is 12.1 Å². The molecule has 2 saturated heterocycles. The van der Waals surface area contributed by atoms with Crippen LogP contribution in [-0.4, -0.2) is 54.1 Å². The summed E-state index contributed by atoms with van der Waals surface area (Å²) in [6, 6.07) is 8.25. The first-order chi connectivity index (χ1) is 14.8. The molecule has 3 aliphatic rings. The number of nitrogens with one attached hydrogen (secondary N) is 2. The van der Waals surface area contributed by atoms with E-state index in [0.29, 0.717) is 32.2 Å². The zero-order valence-electron chi connectivity index (χ0n) is 18.3. The molecular weight excluding hydrogens is 394 g/mol. The van der Waals surface area contributed by atoms with Crippen molar-refractivity contribution < 1.29 is 19.2 Å². The molecule has 3 amide bonds. The van der Waals surface area contributed by atoms with E-state index in [-0.39, 0.29) is 46.8 Å². The highest BCUT2D eigenvalue weighted by molar-refractivity contribution is 5.93. The van der Waals surface area contributed by atoms with E-state index in [1.165, 1.54) is 0 Å². The van der Waals surface area contributed by atoms with Gasteiger partial charge >= 0.3 is 0 Å². The summed E-state index contributed by atoms with van der Waals surface area (Å²) in [7, 11) is 0. The Kier molecular flexibility index (Phi) is 5.62. The van der Waals surface area contributed by atoms with E-state index >= 15 is 0 Å². The fraction of sp³-hybridized carbons (Fsp3) is 0.583. The van der Waals surface area contributed by atoms with E-state index in [2.05, 4.69) is 24.5 Å². The average Bonchev–Trinajstić information content (AvgIpc) is 3.13. The maximum Gasteiger partial charge on any atom is 0.243 e. The molecule has 1 aromatic rings. The number of piperidine rings is 1. The van der Waals surface area contributed by atoms with Crippen LogP contribution in [0.25, 0.3) is 0 Å². The molecule has 166 valence electrons. The van der Waals surface area contributed by atoms with Crippen molar-refractivity contribution in [1.29, 1.82) is 0 Å². The number of rotatable bonds is 7. The predicted molar refractivity (Wildman–Crippen MR) is 115 cm³/mol. The summed E-state index contributed by atoms with van der Waals surface area (Å²) in [5, 5.41) is 5.60. The third kappa shape index (κ3) is 3.86. The number of hydrogen-bond acceptors (Lipinski definition) is 4. The van der Waals surface area contributed by atoms with Gasteiger partial charge in [0.1, 0.15) is 12.3 Å². The molecule has 6 atom stereocenters. The van der Waals surface area contributed by atoms with Gasteiger partial charge in [-0.15, -0.1) is 0 Å². The lowest BCUT2D eigenvalue weighted by Crippen LogP contribution is -2.53. The lowest BCUT2D eigenvalue weighted by Gasteiger charge is -2.32. The molecule has 7 heteroatoms. The van der Waals surface area contributed by atoms with Gasteiger partial charge in [-0.3, -0.25) is 14.4 Å². The highest BCUT2D eigenvalue weighted by atomic mass is 16.2. The van der Waals surface area contributed by atoms with Crippen molar-refractivity contribution in [2.24, 2.45) is 23.2 Å². The second-order valence-corrected chi connectivity index (χ2v) is 9.78. The summed E-state index contributed by atoms with van der Waals surface area (Å²) in [5.41, 5.74) is 0.918. The van der Waals surface area contributed by atoms with Crippen LogP contribution in [0, 0.1) is 23.2 Å². The molecule has 3 fully saturated rings. The SMILES string of the molecule is C[C@@H](C(=O)N1C[C@H]2[C@@H]([C@H]1C(=O)N[C@H](C=O)C[C@@H]1CCNC1=O)C2(C)C)c1ccccc1. The Morgan fingerprint density at radius 1 is 1.29 bits per heavy atom. The maximum absolute atomic E-state index is 13.3. The Bertz CT molecular complexity index is 884. The van der Waals surface area contributed by atoms with E-state index in [0.717, 1.165) is 5.56 Å². The van der Waals surface area contributed by atoms with Gasteiger partial charge in [0.05, 0.1) is 12.0 Å². The zero-order chi connectivity index (χ0) is 22.3. The van der Waals surface area contributed by atoms with E-state index in [9.17, 15) is 19.2 Å². The molecule has 0 unspecified atom stereocenters. The number of likely N-dealkylation sites (tertiary alicyclic amines) is 1. The van der Waals surface area contributed by atoms with Gasteiger partial charge < -0.3 is 20.3 Å². The average molecular weight is 426 g/mol. The third-order valence-electron chi connectivity index (χ3n) is 7.62. The standard InChI is InChI=1S/C24H31N3O4/c1-14(15-7-5-4-6-8-15)23(31)27-12-18-19(24(18,2)3)20(27)22(30)26-17(13-28)11-16-9-10-25-21(16)29/h4-8,13-14,16-20H,9-12H2,1-3H3,(H,25,29)(H,26,30)/t14-,16+,17+,18+,19+,20+/m1/s1. The fourth-order valence-electron chi connectivity index (χ4n) is 5.54. The zero-order valence-corrected chi connectivity index (χ0v) is 18.3. The van der Waals surface area contributed by atoms with E-state index in [4.69, 9.17) is 0 Å². The number of nitrogens with zero attached hydrogens (tertiary/aromatic N) is 1. The van der Waals surface area contributed by atoms with Gasteiger partial charge in [0, 0.05) is 19.0 Å². The Balaban J connectivity index is 1.49. The molecule has 1 aromatic carbocycles. The molecule has 2 aliphatic heterocycles. The lowest BCUT2D eigenvalue weighted by atomic mass is 9.95. The van der Waals surface area contributed by atoms with Gasteiger partial charge in [0.2, 0.25) is 17.7 Å². The van der Waals surface area contributed by atoms with Crippen LogP contribution in [0.5, 0.6) is 0 Å². The summed E-state index contributed by atoms with van der Waals surface area (Å²) < 4.78 is 0. The molecule has 1 saturated carbocycles. The molecule has 4 rings (SSSR count). The first-order valence-electron chi connectivity index (χ1n) is 11.1. The van der Waals surface area contributed by atoms with Crippen LogP contribution >= 0.6 is 0 Å². The first kappa shape index (κ1) is 21.5. The minimum Gasteiger partial charge on any atom is -0.356 e. The molecule has 2 N–H and O–H groups in total. The largest absolute Gasteiger partial charge is 0.356 e. The fourth-order valence-corrected chi connectivity index (χ4v) is 5.54. The summed E-state index contributed by atoms with van der Waals surface area (Å²) in [4.78, 5) is 51.9. The van der Waals surface area contributed by atoms with Crippen molar-refractivity contribution in [2.45, 2.75) is 51.6 Å². The molecule has 7 nitrogen and oxygen atoms in total. The van der Waals surface area contributed by atoms with Gasteiger partial charge in [-0.25, -0.2) is 0 Å². The highest BCUT2D eigenvalue weighted by Gasteiger charge is 2.69. The van der Waals surface area contributed by atoms with Crippen molar-refractivity contribution in [1.82, 2.24) is 15.5 Å². The Hall–Kier alpha value is -2.70. The topological polar surface area (TPSA) is 95.6 Å². The van der Waals surface area contributed by atoms with Gasteiger partial charge in [-0.1, -0.05) is 44.2 Å². The van der Waals surface area contributed by atoms with Crippen LogP contribution in [-0.2, 0) is 19.2 Å². The summed E-state index contributed by atoms with van der Waals surface area (Å²) in [5.74, 6) is -0.665. The second kappa shape index (κ2) is 8.09. The Labute approximate surface area is 182 Å². The van der Waals surface area contributed by atoms with Crippen LogP contribution in [0.15, 0.2) is 30.3 Å². The molecule has 0 spiro atoms. The predicted octanol–water partition coefficient (Wildman–Crippen LogP) is 1.48. The number of fused-ring (bicyclic) bond motifs is 1. The quantitative estimate of drug-likeness (QED) is 0.647. The summed E-state index contributed by atoms with van der Waals surface area (Å²) in [6.07, 6.45) is 1.66. The number of aldehydes is 1. The van der Waals surface area contributed by atoms with Crippen LogP contribution in [0.4, 0.5) is 0 Å². The smallest absolute Gasteiger partial charge is 0.243 e. The van der Waals surface area contributed by atoms with Crippen LogP contribution in [0.1, 0.15) is 45.1 Å². The van der Waals surface area contributed by atoms with Gasteiger partial charge in [0.15, 0.2) is 0 Å². The minimum atomic E-state index is -0.731. The normalized spacial score (nSPS) is 30.2. The van der Waals surface area contributed by atoms with Crippen LogP contribution in [0.2, 0.25) is 0 Å². The Morgan fingerprint density at radius 3 is 2.61 bits per heavy atom. The lowest BCUT2D eigenvalue weighted by molar-refractivity contribution is -0.141. The van der Waals surface area contributed by atoms with Crippen LogP contribution in [0.3, 0.4) is 0 Å². The Morgan fingerprint density at radius 2 is 2.00 bits per heavy atom. The van der Waals surface area contributed by atoms with E-state index in [1.54, 1.807) is 4.90 Å². The second-order valence-electron chi connectivity index (χ2n) is 9.78. The van der Waals surface area contributed by atoms with Crippen LogP contribution < -0.4 is 10.6 Å². The van der Waals surface area contributed by atoms with Crippen molar-refractivity contribution >= 4 is 24.0 Å². The first-order valence-corrected chi connectivity index (χ1v) is 11.1. The maximum atomic E-state index is 13.3. The number of carbonyl (C=O) groups excluding carboxylic acids is 4.